The Morgan fingerprint density at radius 3 is 2.16 bits per heavy atom. The molecule has 1 saturated carbocycles. The van der Waals surface area contributed by atoms with Gasteiger partial charge in [0.15, 0.2) is 6.79 Å². The number of carbonyl (C=O) groups is 2. The first-order valence-corrected chi connectivity index (χ1v) is 13.7. The van der Waals surface area contributed by atoms with E-state index in [2.05, 4.69) is 27.7 Å². The zero-order chi connectivity index (χ0) is 27.1. The molecule has 0 amide bonds. The minimum atomic E-state index is -0.492. The molecule has 0 N–H and O–H groups in total. The summed E-state index contributed by atoms with van der Waals surface area (Å²) in [6.45, 7) is 10.9. The van der Waals surface area contributed by atoms with Crippen LogP contribution in [-0.2, 0) is 14.2 Å². The molecular weight excluding hydrogens is 484 g/mol. The zero-order valence-electron chi connectivity index (χ0n) is 22.9. The van der Waals surface area contributed by atoms with E-state index in [9.17, 15) is 9.59 Å². The number of benzene rings is 2. The molecule has 2 aromatic rings. The average molecular weight is 525 g/mol. The van der Waals surface area contributed by atoms with Gasteiger partial charge in [-0.15, -0.1) is 0 Å². The SMILES string of the molecule is CCC1(COCOc2ccc(C(=O)Oc3ccc(C(=O)OC4CC(C)CCC4C(C)C)cc3)cc2)COC1. The Kier molecular flexibility index (Phi) is 9.44. The normalized spacial score (nSPS) is 22.4. The fraction of sp³-hybridized carbons (Fsp3) is 0.548. The molecule has 206 valence electrons. The summed E-state index contributed by atoms with van der Waals surface area (Å²) in [7, 11) is 0. The summed E-state index contributed by atoms with van der Waals surface area (Å²) >= 11 is 0. The molecule has 4 rings (SSSR count). The Morgan fingerprint density at radius 1 is 0.947 bits per heavy atom. The quantitative estimate of drug-likeness (QED) is 0.148. The highest BCUT2D eigenvalue weighted by molar-refractivity contribution is 5.92. The van der Waals surface area contributed by atoms with Gasteiger partial charge >= 0.3 is 11.9 Å². The number of esters is 2. The number of ether oxygens (including phenoxy) is 5. The Balaban J connectivity index is 1.24. The molecule has 7 heteroatoms. The third-order valence-electron chi connectivity index (χ3n) is 7.89. The lowest BCUT2D eigenvalue weighted by Gasteiger charge is -2.40. The third-order valence-corrected chi connectivity index (χ3v) is 7.89. The minimum absolute atomic E-state index is 0.0624. The standard InChI is InChI=1S/C31H40O7/c1-5-31(17-34-18-31)19-35-20-36-25-11-7-23(8-12-25)29(32)37-26-13-9-24(10-14-26)30(33)38-28-16-22(4)6-15-27(28)21(2)3/h7-14,21-22,27-28H,5-6,15-20H2,1-4H3. The smallest absolute Gasteiger partial charge is 0.343 e. The van der Waals surface area contributed by atoms with E-state index in [4.69, 9.17) is 23.7 Å². The second-order valence-electron chi connectivity index (χ2n) is 11.2. The van der Waals surface area contributed by atoms with E-state index in [0.717, 1.165) is 32.5 Å². The Labute approximate surface area is 225 Å². The molecule has 7 nitrogen and oxygen atoms in total. The van der Waals surface area contributed by atoms with Crippen LogP contribution in [0.4, 0.5) is 0 Å². The van der Waals surface area contributed by atoms with E-state index in [1.54, 1.807) is 48.5 Å². The highest BCUT2D eigenvalue weighted by atomic mass is 16.7. The van der Waals surface area contributed by atoms with Crippen molar-refractivity contribution in [2.45, 2.75) is 59.5 Å². The lowest BCUT2D eigenvalue weighted by Crippen LogP contribution is -2.45. The van der Waals surface area contributed by atoms with E-state index >= 15 is 0 Å². The van der Waals surface area contributed by atoms with Crippen LogP contribution in [0.5, 0.6) is 11.5 Å². The molecule has 2 fully saturated rings. The third kappa shape index (κ3) is 7.14. The first-order chi connectivity index (χ1) is 18.3. The summed E-state index contributed by atoms with van der Waals surface area (Å²) in [6.07, 6.45) is 4.11. The summed E-state index contributed by atoms with van der Waals surface area (Å²) in [4.78, 5) is 25.4. The second-order valence-corrected chi connectivity index (χ2v) is 11.2. The highest BCUT2D eigenvalue weighted by Crippen LogP contribution is 2.36. The van der Waals surface area contributed by atoms with Gasteiger partial charge in [0.05, 0.1) is 30.9 Å². The van der Waals surface area contributed by atoms with Crippen LogP contribution in [0, 0.1) is 23.2 Å². The largest absolute Gasteiger partial charge is 0.468 e. The molecule has 1 aliphatic carbocycles. The van der Waals surface area contributed by atoms with Crippen LogP contribution in [0.2, 0.25) is 0 Å². The van der Waals surface area contributed by atoms with Crippen LogP contribution in [-0.4, -0.2) is 44.7 Å². The fourth-order valence-corrected chi connectivity index (χ4v) is 5.12. The summed E-state index contributed by atoms with van der Waals surface area (Å²) in [6, 6.07) is 13.2. The molecule has 3 unspecified atom stereocenters. The van der Waals surface area contributed by atoms with Gasteiger partial charge in [-0.25, -0.2) is 9.59 Å². The molecule has 0 bridgehead atoms. The maximum Gasteiger partial charge on any atom is 0.343 e. The van der Waals surface area contributed by atoms with Crippen molar-refractivity contribution in [2.24, 2.45) is 23.2 Å². The molecular formula is C31H40O7. The molecule has 2 aromatic carbocycles. The lowest BCUT2D eigenvalue weighted by molar-refractivity contribution is -0.162. The van der Waals surface area contributed by atoms with Crippen molar-refractivity contribution in [1.29, 1.82) is 0 Å². The summed E-state index contributed by atoms with van der Waals surface area (Å²) in [5.41, 5.74) is 0.953. The van der Waals surface area contributed by atoms with Gasteiger partial charge in [-0.1, -0.05) is 34.1 Å². The average Bonchev–Trinajstić information content (AvgIpc) is 2.88. The predicted octanol–water partition coefficient (Wildman–Crippen LogP) is 6.30. The number of hydrogen-bond acceptors (Lipinski definition) is 7. The molecule has 1 saturated heterocycles. The Hall–Kier alpha value is -2.90. The van der Waals surface area contributed by atoms with Crippen LogP contribution in [0.1, 0.15) is 74.1 Å². The van der Waals surface area contributed by atoms with Crippen LogP contribution in [0.15, 0.2) is 48.5 Å². The molecule has 3 atom stereocenters. The first-order valence-electron chi connectivity index (χ1n) is 13.7. The molecule has 0 radical (unpaired) electrons. The van der Waals surface area contributed by atoms with Gasteiger partial charge in [0.1, 0.15) is 17.6 Å². The maximum absolute atomic E-state index is 12.8. The molecule has 0 aromatic heterocycles. The molecule has 0 spiro atoms. The molecule has 1 aliphatic heterocycles. The van der Waals surface area contributed by atoms with Gasteiger partial charge in [0.25, 0.3) is 0 Å². The predicted molar refractivity (Wildman–Crippen MR) is 143 cm³/mol. The van der Waals surface area contributed by atoms with E-state index in [1.807, 2.05) is 0 Å². The zero-order valence-corrected chi connectivity index (χ0v) is 22.9. The van der Waals surface area contributed by atoms with Crippen LogP contribution < -0.4 is 9.47 Å². The van der Waals surface area contributed by atoms with Crippen molar-refractivity contribution in [2.75, 3.05) is 26.6 Å². The Morgan fingerprint density at radius 2 is 1.58 bits per heavy atom. The lowest BCUT2D eigenvalue weighted by atomic mass is 9.75. The summed E-state index contributed by atoms with van der Waals surface area (Å²) < 4.78 is 28.0. The van der Waals surface area contributed by atoms with Crippen LogP contribution >= 0.6 is 0 Å². The van der Waals surface area contributed by atoms with Gasteiger partial charge < -0.3 is 23.7 Å². The van der Waals surface area contributed by atoms with E-state index < -0.39 is 5.97 Å². The van der Waals surface area contributed by atoms with Crippen molar-refractivity contribution in [1.82, 2.24) is 0 Å². The van der Waals surface area contributed by atoms with E-state index in [1.165, 1.54) is 6.42 Å². The number of rotatable bonds is 11. The minimum Gasteiger partial charge on any atom is -0.468 e. The van der Waals surface area contributed by atoms with Crippen molar-refractivity contribution >= 4 is 11.9 Å². The van der Waals surface area contributed by atoms with Crippen molar-refractivity contribution in [3.05, 3.63) is 59.7 Å². The van der Waals surface area contributed by atoms with E-state index in [0.29, 0.717) is 47.0 Å². The van der Waals surface area contributed by atoms with Gasteiger partial charge in [-0.2, -0.15) is 0 Å². The van der Waals surface area contributed by atoms with Crippen molar-refractivity contribution in [3.8, 4) is 11.5 Å². The Bertz CT molecular complexity index is 1050. The monoisotopic (exact) mass is 524 g/mol. The summed E-state index contributed by atoms with van der Waals surface area (Å²) in [5, 5.41) is 0. The van der Waals surface area contributed by atoms with Crippen LogP contribution in [0.25, 0.3) is 0 Å². The maximum atomic E-state index is 12.8. The first kappa shape index (κ1) is 28.1. The molecule has 1 heterocycles. The number of carbonyl (C=O) groups excluding carboxylic acids is 2. The highest BCUT2D eigenvalue weighted by Gasteiger charge is 2.37. The molecule has 38 heavy (non-hydrogen) atoms. The van der Waals surface area contributed by atoms with Gasteiger partial charge in [0, 0.05) is 5.41 Å². The second kappa shape index (κ2) is 12.8. The van der Waals surface area contributed by atoms with Gasteiger partial charge in [-0.05, 0) is 85.5 Å². The number of hydrogen-bond donors (Lipinski definition) is 0. The van der Waals surface area contributed by atoms with Crippen LogP contribution in [0.3, 0.4) is 0 Å². The van der Waals surface area contributed by atoms with Crippen molar-refractivity contribution < 1.29 is 33.3 Å². The fourth-order valence-electron chi connectivity index (χ4n) is 5.12. The van der Waals surface area contributed by atoms with Gasteiger partial charge in [0.2, 0.25) is 0 Å². The molecule has 2 aliphatic rings. The van der Waals surface area contributed by atoms with Crippen molar-refractivity contribution in [3.63, 3.8) is 0 Å². The van der Waals surface area contributed by atoms with Gasteiger partial charge in [-0.3, -0.25) is 0 Å². The summed E-state index contributed by atoms with van der Waals surface area (Å²) in [5.74, 6) is 1.54. The topological polar surface area (TPSA) is 80.3 Å². The van der Waals surface area contributed by atoms with E-state index in [-0.39, 0.29) is 24.3 Å².